The summed E-state index contributed by atoms with van der Waals surface area (Å²) < 4.78 is 0. The predicted octanol–water partition coefficient (Wildman–Crippen LogP) is 0.328. The first-order valence-electron chi connectivity index (χ1n) is 9.65. The Labute approximate surface area is 179 Å². The lowest BCUT2D eigenvalue weighted by molar-refractivity contribution is -0.142. The molecular formula is C22H25N3O6. The van der Waals surface area contributed by atoms with Crippen LogP contribution in [-0.2, 0) is 32.0 Å². The molecule has 6 N–H and O–H groups in total. The van der Waals surface area contributed by atoms with Crippen LogP contribution in [0.1, 0.15) is 17.5 Å². The number of rotatable bonds is 11. The number of carboxylic acid groups (broad SMARTS) is 2. The lowest BCUT2D eigenvalue weighted by Gasteiger charge is -2.23. The third-order valence-electron chi connectivity index (χ3n) is 4.54. The summed E-state index contributed by atoms with van der Waals surface area (Å²) >= 11 is 0. The van der Waals surface area contributed by atoms with E-state index in [2.05, 4.69) is 10.6 Å². The molecule has 0 aliphatic rings. The summed E-state index contributed by atoms with van der Waals surface area (Å²) in [6.45, 7) is 0. The van der Waals surface area contributed by atoms with Crippen molar-refractivity contribution in [3.63, 3.8) is 0 Å². The van der Waals surface area contributed by atoms with E-state index in [-0.39, 0.29) is 12.8 Å². The molecular weight excluding hydrogens is 402 g/mol. The topological polar surface area (TPSA) is 159 Å². The van der Waals surface area contributed by atoms with Gasteiger partial charge < -0.3 is 26.6 Å². The van der Waals surface area contributed by atoms with E-state index in [1.54, 1.807) is 60.7 Å². The van der Waals surface area contributed by atoms with Gasteiger partial charge in [-0.25, -0.2) is 4.79 Å². The van der Waals surface area contributed by atoms with Gasteiger partial charge in [0.05, 0.1) is 12.5 Å². The van der Waals surface area contributed by atoms with Crippen molar-refractivity contribution >= 4 is 23.8 Å². The van der Waals surface area contributed by atoms with Gasteiger partial charge in [0.2, 0.25) is 11.8 Å². The molecule has 0 heterocycles. The van der Waals surface area contributed by atoms with Crippen molar-refractivity contribution in [2.75, 3.05) is 0 Å². The van der Waals surface area contributed by atoms with E-state index in [4.69, 9.17) is 10.8 Å². The van der Waals surface area contributed by atoms with Crippen molar-refractivity contribution in [3.05, 3.63) is 71.8 Å². The Morgan fingerprint density at radius 2 is 1.19 bits per heavy atom. The predicted molar refractivity (Wildman–Crippen MR) is 112 cm³/mol. The Bertz CT molecular complexity index is 904. The fourth-order valence-corrected chi connectivity index (χ4v) is 2.94. The zero-order valence-electron chi connectivity index (χ0n) is 16.7. The molecule has 2 rings (SSSR count). The van der Waals surface area contributed by atoms with E-state index in [1.807, 2.05) is 0 Å². The number of amides is 2. The quantitative estimate of drug-likeness (QED) is 0.345. The van der Waals surface area contributed by atoms with Crippen molar-refractivity contribution in [3.8, 4) is 0 Å². The van der Waals surface area contributed by atoms with E-state index in [0.29, 0.717) is 0 Å². The second-order valence-electron chi connectivity index (χ2n) is 7.04. The maximum atomic E-state index is 12.9. The van der Waals surface area contributed by atoms with E-state index in [1.165, 1.54) is 0 Å². The number of carbonyl (C=O) groups excluding carboxylic acids is 2. The van der Waals surface area contributed by atoms with Crippen molar-refractivity contribution < 1.29 is 29.4 Å². The maximum absolute atomic E-state index is 12.9. The third kappa shape index (κ3) is 7.90. The van der Waals surface area contributed by atoms with Gasteiger partial charge in [0.25, 0.3) is 0 Å². The van der Waals surface area contributed by atoms with E-state index in [0.717, 1.165) is 11.1 Å². The molecule has 9 heteroatoms. The minimum Gasteiger partial charge on any atom is -0.481 e. The summed E-state index contributed by atoms with van der Waals surface area (Å²) in [6.07, 6.45) is -0.459. The zero-order chi connectivity index (χ0) is 22.8. The van der Waals surface area contributed by atoms with Crippen LogP contribution >= 0.6 is 0 Å². The second kappa shape index (κ2) is 11.5. The summed E-state index contributed by atoms with van der Waals surface area (Å²) in [5.74, 6) is -3.98. The standard InChI is InChI=1S/C22H25N3O6/c23-16(13-19(26)27)20(28)24-17(11-14-7-3-1-4-8-14)21(29)25-18(22(30)31)12-15-9-5-2-6-10-15/h1-10,16-18H,11-13,23H2,(H,24,28)(H,25,29)(H,26,27)(H,30,31)/t16-,17-,18-/m0/s1. The largest absolute Gasteiger partial charge is 0.481 e. The van der Waals surface area contributed by atoms with Gasteiger partial charge in [-0.3, -0.25) is 14.4 Å². The highest BCUT2D eigenvalue weighted by Gasteiger charge is 2.29. The van der Waals surface area contributed by atoms with Crippen LogP contribution in [0.25, 0.3) is 0 Å². The molecule has 0 saturated heterocycles. The van der Waals surface area contributed by atoms with Crippen LogP contribution in [-0.4, -0.2) is 52.1 Å². The van der Waals surface area contributed by atoms with Crippen molar-refractivity contribution in [2.24, 2.45) is 5.73 Å². The number of nitrogens with one attached hydrogen (secondary N) is 2. The summed E-state index contributed by atoms with van der Waals surface area (Å²) in [5, 5.41) is 23.3. The van der Waals surface area contributed by atoms with Crippen LogP contribution in [0.15, 0.2) is 60.7 Å². The Kier molecular flexibility index (Phi) is 8.71. The molecule has 2 aromatic carbocycles. The van der Waals surface area contributed by atoms with Crippen LogP contribution in [0.4, 0.5) is 0 Å². The molecule has 2 amide bonds. The average Bonchev–Trinajstić information content (AvgIpc) is 2.73. The molecule has 0 radical (unpaired) electrons. The number of hydrogen-bond acceptors (Lipinski definition) is 5. The average molecular weight is 427 g/mol. The molecule has 2 aromatic rings. The van der Waals surface area contributed by atoms with E-state index in [9.17, 15) is 24.3 Å². The SMILES string of the molecule is N[C@@H](CC(=O)O)C(=O)N[C@@H](Cc1ccccc1)C(=O)N[C@@H](Cc1ccccc1)C(=O)O. The first-order valence-corrected chi connectivity index (χ1v) is 9.65. The monoisotopic (exact) mass is 427 g/mol. The van der Waals surface area contributed by atoms with Gasteiger partial charge in [-0.05, 0) is 11.1 Å². The summed E-state index contributed by atoms with van der Waals surface area (Å²) in [5.41, 5.74) is 7.04. The Hall–Kier alpha value is -3.72. The first kappa shape index (κ1) is 23.6. The number of carbonyl (C=O) groups is 4. The molecule has 31 heavy (non-hydrogen) atoms. The first-order chi connectivity index (χ1) is 14.8. The van der Waals surface area contributed by atoms with Gasteiger partial charge in [0, 0.05) is 12.8 Å². The Morgan fingerprint density at radius 1 is 0.742 bits per heavy atom. The van der Waals surface area contributed by atoms with Crippen molar-refractivity contribution in [1.29, 1.82) is 0 Å². The lowest BCUT2D eigenvalue weighted by Crippen LogP contribution is -2.55. The van der Waals surface area contributed by atoms with Crippen LogP contribution < -0.4 is 16.4 Å². The molecule has 164 valence electrons. The minimum atomic E-state index is -1.34. The highest BCUT2D eigenvalue weighted by atomic mass is 16.4. The normalized spacial score (nSPS) is 13.5. The molecule has 0 bridgehead atoms. The van der Waals surface area contributed by atoms with Crippen LogP contribution in [0.5, 0.6) is 0 Å². The molecule has 0 unspecified atom stereocenters. The molecule has 3 atom stereocenters. The number of hydrogen-bond donors (Lipinski definition) is 5. The fraction of sp³-hybridized carbons (Fsp3) is 0.273. The Morgan fingerprint density at radius 3 is 1.65 bits per heavy atom. The third-order valence-corrected chi connectivity index (χ3v) is 4.54. The summed E-state index contributed by atoms with van der Waals surface area (Å²) in [4.78, 5) is 47.7. The van der Waals surface area contributed by atoms with Gasteiger partial charge >= 0.3 is 11.9 Å². The highest BCUT2D eigenvalue weighted by molar-refractivity contribution is 5.93. The molecule has 0 aliphatic heterocycles. The smallest absolute Gasteiger partial charge is 0.326 e. The summed E-state index contributed by atoms with van der Waals surface area (Å²) in [7, 11) is 0. The molecule has 0 spiro atoms. The van der Waals surface area contributed by atoms with Gasteiger partial charge in [-0.2, -0.15) is 0 Å². The molecule has 9 nitrogen and oxygen atoms in total. The van der Waals surface area contributed by atoms with Gasteiger partial charge in [0.1, 0.15) is 12.1 Å². The van der Waals surface area contributed by atoms with Gasteiger partial charge in [0.15, 0.2) is 0 Å². The zero-order valence-corrected chi connectivity index (χ0v) is 16.7. The van der Waals surface area contributed by atoms with Gasteiger partial charge in [-0.15, -0.1) is 0 Å². The van der Waals surface area contributed by atoms with Crippen LogP contribution in [0.3, 0.4) is 0 Å². The molecule has 0 aromatic heterocycles. The van der Waals surface area contributed by atoms with Crippen molar-refractivity contribution in [1.82, 2.24) is 10.6 Å². The van der Waals surface area contributed by atoms with Crippen LogP contribution in [0, 0.1) is 0 Å². The number of aliphatic carboxylic acids is 2. The van der Waals surface area contributed by atoms with Crippen LogP contribution in [0.2, 0.25) is 0 Å². The second-order valence-corrected chi connectivity index (χ2v) is 7.04. The van der Waals surface area contributed by atoms with Crippen molar-refractivity contribution in [2.45, 2.75) is 37.4 Å². The lowest BCUT2D eigenvalue weighted by atomic mass is 10.0. The van der Waals surface area contributed by atoms with Gasteiger partial charge in [-0.1, -0.05) is 60.7 Å². The maximum Gasteiger partial charge on any atom is 0.326 e. The van der Waals surface area contributed by atoms with E-state index < -0.39 is 48.3 Å². The Balaban J connectivity index is 2.16. The fourth-order valence-electron chi connectivity index (χ4n) is 2.94. The summed E-state index contributed by atoms with van der Waals surface area (Å²) in [6, 6.07) is 13.9. The molecule has 0 fully saturated rings. The van der Waals surface area contributed by atoms with E-state index >= 15 is 0 Å². The highest BCUT2D eigenvalue weighted by Crippen LogP contribution is 2.07. The number of benzene rings is 2. The number of nitrogens with two attached hydrogens (primary N) is 1. The number of carboxylic acids is 2. The molecule has 0 aliphatic carbocycles. The minimum absolute atomic E-state index is 0.0619. The molecule has 0 saturated carbocycles.